The van der Waals surface area contributed by atoms with E-state index in [0.717, 1.165) is 10.0 Å². The number of benzene rings is 2. The lowest BCUT2D eigenvalue weighted by molar-refractivity contribution is 0.651. The van der Waals surface area contributed by atoms with E-state index in [4.69, 9.17) is 5.73 Å². The molecule has 2 aromatic carbocycles. The molecule has 1 aromatic heterocycles. The molecular formula is C15H14BrN5. The summed E-state index contributed by atoms with van der Waals surface area (Å²) in [4.78, 5) is 0. The van der Waals surface area contributed by atoms with Gasteiger partial charge in [-0.25, -0.2) is 4.68 Å². The van der Waals surface area contributed by atoms with Crippen molar-refractivity contribution in [2.45, 2.75) is 13.5 Å². The fraction of sp³-hybridized carbons (Fsp3) is 0.133. The second kappa shape index (κ2) is 5.65. The van der Waals surface area contributed by atoms with Gasteiger partial charge >= 0.3 is 0 Å². The Morgan fingerprint density at radius 3 is 2.81 bits per heavy atom. The van der Waals surface area contributed by atoms with Crippen molar-refractivity contribution in [3.05, 3.63) is 58.1 Å². The molecule has 0 aliphatic carbocycles. The summed E-state index contributed by atoms with van der Waals surface area (Å²) in [6, 6.07) is 13.8. The minimum atomic E-state index is 0.621. The first-order valence-corrected chi connectivity index (χ1v) is 7.30. The van der Waals surface area contributed by atoms with Crippen LogP contribution in [0.15, 0.2) is 46.9 Å². The summed E-state index contributed by atoms with van der Waals surface area (Å²) < 4.78 is 2.69. The number of aromatic nitrogens is 4. The van der Waals surface area contributed by atoms with Crippen molar-refractivity contribution in [1.82, 2.24) is 20.2 Å². The quantitative estimate of drug-likeness (QED) is 0.742. The van der Waals surface area contributed by atoms with E-state index in [-0.39, 0.29) is 0 Å². The number of nitrogens with zero attached hydrogens (tertiary/aromatic N) is 4. The molecule has 3 rings (SSSR count). The molecule has 0 aliphatic heterocycles. The molecule has 0 bridgehead atoms. The summed E-state index contributed by atoms with van der Waals surface area (Å²) in [7, 11) is 0. The van der Waals surface area contributed by atoms with Crippen LogP contribution in [0.2, 0.25) is 0 Å². The number of nitrogen functional groups attached to an aromatic ring is 1. The van der Waals surface area contributed by atoms with Crippen LogP contribution in [0.1, 0.15) is 11.1 Å². The molecule has 0 amide bonds. The van der Waals surface area contributed by atoms with Gasteiger partial charge in [-0.3, -0.25) is 0 Å². The molecule has 21 heavy (non-hydrogen) atoms. The number of rotatable bonds is 3. The number of anilines is 1. The number of hydrogen-bond acceptors (Lipinski definition) is 4. The first kappa shape index (κ1) is 13.8. The van der Waals surface area contributed by atoms with Crippen LogP contribution >= 0.6 is 15.9 Å². The topological polar surface area (TPSA) is 69.6 Å². The smallest absolute Gasteiger partial charge is 0.183 e. The predicted molar refractivity (Wildman–Crippen MR) is 85.6 cm³/mol. The highest BCUT2D eigenvalue weighted by molar-refractivity contribution is 9.10. The van der Waals surface area contributed by atoms with Crippen LogP contribution in [0.25, 0.3) is 11.4 Å². The zero-order valence-corrected chi connectivity index (χ0v) is 13.1. The van der Waals surface area contributed by atoms with Crippen LogP contribution in [0.4, 0.5) is 5.69 Å². The Kier molecular flexibility index (Phi) is 3.70. The summed E-state index contributed by atoms with van der Waals surface area (Å²) in [5.74, 6) is 0.692. The molecule has 0 saturated carbocycles. The van der Waals surface area contributed by atoms with Crippen LogP contribution in [0.3, 0.4) is 0 Å². The normalized spacial score (nSPS) is 10.8. The SMILES string of the molecule is Cc1ccccc1Cn1nnnc1-c1cc(N)ccc1Br. The van der Waals surface area contributed by atoms with Crippen LogP contribution < -0.4 is 5.73 Å². The molecule has 0 atom stereocenters. The summed E-state index contributed by atoms with van der Waals surface area (Å²) in [5.41, 5.74) is 9.82. The Labute approximate surface area is 130 Å². The first-order chi connectivity index (χ1) is 10.1. The van der Waals surface area contributed by atoms with Crippen LogP contribution in [0.5, 0.6) is 0 Å². The second-order valence-electron chi connectivity index (χ2n) is 4.83. The van der Waals surface area contributed by atoms with E-state index in [1.54, 1.807) is 4.68 Å². The number of aryl methyl sites for hydroxylation is 1. The lowest BCUT2D eigenvalue weighted by Crippen LogP contribution is -2.06. The largest absolute Gasteiger partial charge is 0.399 e. The van der Waals surface area contributed by atoms with Gasteiger partial charge in [0.2, 0.25) is 0 Å². The predicted octanol–water partition coefficient (Wildman–Crippen LogP) is 3.04. The lowest BCUT2D eigenvalue weighted by atomic mass is 10.1. The van der Waals surface area contributed by atoms with Gasteiger partial charge < -0.3 is 5.73 Å². The maximum Gasteiger partial charge on any atom is 0.183 e. The summed E-state index contributed by atoms with van der Waals surface area (Å²) in [6.45, 7) is 2.70. The maximum absolute atomic E-state index is 5.86. The lowest BCUT2D eigenvalue weighted by Gasteiger charge is -2.09. The monoisotopic (exact) mass is 343 g/mol. The Balaban J connectivity index is 2.02. The van der Waals surface area contributed by atoms with E-state index >= 15 is 0 Å². The molecule has 6 heteroatoms. The molecule has 5 nitrogen and oxygen atoms in total. The third-order valence-corrected chi connectivity index (χ3v) is 4.04. The minimum Gasteiger partial charge on any atom is -0.399 e. The number of halogens is 1. The van der Waals surface area contributed by atoms with Crippen molar-refractivity contribution in [1.29, 1.82) is 0 Å². The van der Waals surface area contributed by atoms with Crippen molar-refractivity contribution in [3.8, 4) is 11.4 Å². The maximum atomic E-state index is 5.86. The minimum absolute atomic E-state index is 0.621. The Morgan fingerprint density at radius 1 is 1.19 bits per heavy atom. The van der Waals surface area contributed by atoms with Gasteiger partial charge in [-0.15, -0.1) is 5.10 Å². The van der Waals surface area contributed by atoms with E-state index in [2.05, 4.69) is 50.5 Å². The molecule has 3 aromatic rings. The number of tetrazole rings is 1. The van der Waals surface area contributed by atoms with E-state index in [0.29, 0.717) is 18.1 Å². The van der Waals surface area contributed by atoms with Gasteiger partial charge in [0.1, 0.15) is 0 Å². The van der Waals surface area contributed by atoms with Crippen molar-refractivity contribution in [2.75, 3.05) is 5.73 Å². The summed E-state index contributed by atoms with van der Waals surface area (Å²) in [6.07, 6.45) is 0. The van der Waals surface area contributed by atoms with E-state index in [1.165, 1.54) is 11.1 Å². The highest BCUT2D eigenvalue weighted by Crippen LogP contribution is 2.28. The molecule has 0 saturated heterocycles. The Bertz CT molecular complexity index is 781. The van der Waals surface area contributed by atoms with Crippen LogP contribution in [-0.2, 0) is 6.54 Å². The van der Waals surface area contributed by atoms with Gasteiger partial charge in [0.25, 0.3) is 0 Å². The molecule has 0 spiro atoms. The van der Waals surface area contributed by atoms with Gasteiger partial charge in [-0.05, 0) is 46.7 Å². The molecule has 2 N–H and O–H groups in total. The second-order valence-corrected chi connectivity index (χ2v) is 5.68. The number of nitrogens with two attached hydrogens (primary N) is 1. The molecule has 106 valence electrons. The van der Waals surface area contributed by atoms with Gasteiger partial charge in [0.15, 0.2) is 5.82 Å². The fourth-order valence-corrected chi connectivity index (χ4v) is 2.59. The molecular weight excluding hydrogens is 330 g/mol. The van der Waals surface area contributed by atoms with Crippen molar-refractivity contribution in [3.63, 3.8) is 0 Å². The Hall–Kier alpha value is -2.21. The van der Waals surface area contributed by atoms with Gasteiger partial charge in [-0.2, -0.15) is 0 Å². The zero-order valence-electron chi connectivity index (χ0n) is 11.5. The van der Waals surface area contributed by atoms with Gasteiger partial charge in [0, 0.05) is 15.7 Å². The summed E-state index contributed by atoms with van der Waals surface area (Å²) >= 11 is 3.52. The molecule has 1 heterocycles. The van der Waals surface area contributed by atoms with Crippen molar-refractivity contribution < 1.29 is 0 Å². The molecule has 0 fully saturated rings. The fourth-order valence-electron chi connectivity index (χ4n) is 2.17. The van der Waals surface area contributed by atoms with Crippen LogP contribution in [0, 0.1) is 6.92 Å². The molecule has 0 aliphatic rings. The van der Waals surface area contributed by atoms with E-state index in [9.17, 15) is 0 Å². The Morgan fingerprint density at radius 2 is 2.00 bits per heavy atom. The van der Waals surface area contributed by atoms with Crippen molar-refractivity contribution >= 4 is 21.6 Å². The van der Waals surface area contributed by atoms with Crippen LogP contribution in [-0.4, -0.2) is 20.2 Å². The molecule has 0 unspecified atom stereocenters. The van der Waals surface area contributed by atoms with Gasteiger partial charge in [-0.1, -0.05) is 40.2 Å². The van der Waals surface area contributed by atoms with E-state index < -0.39 is 0 Å². The first-order valence-electron chi connectivity index (χ1n) is 6.51. The van der Waals surface area contributed by atoms with E-state index in [1.807, 2.05) is 30.3 Å². The van der Waals surface area contributed by atoms with Gasteiger partial charge in [0.05, 0.1) is 6.54 Å². The van der Waals surface area contributed by atoms with Crippen molar-refractivity contribution in [2.24, 2.45) is 0 Å². The third-order valence-electron chi connectivity index (χ3n) is 3.34. The summed E-state index contributed by atoms with van der Waals surface area (Å²) in [5, 5.41) is 12.0. The zero-order chi connectivity index (χ0) is 14.8. The third kappa shape index (κ3) is 2.80. The number of hydrogen-bond donors (Lipinski definition) is 1. The highest BCUT2D eigenvalue weighted by Gasteiger charge is 2.13. The molecule has 0 radical (unpaired) electrons. The standard InChI is InChI=1S/C15H14BrN5/c1-10-4-2-3-5-11(10)9-21-15(18-19-20-21)13-8-12(17)6-7-14(13)16/h2-8H,9,17H2,1H3. The average molecular weight is 344 g/mol. The highest BCUT2D eigenvalue weighted by atomic mass is 79.9. The average Bonchev–Trinajstić information content (AvgIpc) is 2.92.